The lowest BCUT2D eigenvalue weighted by Crippen LogP contribution is -2.41. The fourth-order valence-corrected chi connectivity index (χ4v) is 2.96. The standard InChI is InChI=1S/C20H29FN2O3/c1-20(2,3)26-19(25)23-12-10-15(11-13-23)6-9-18(24)22-14-16-4-7-17(21)8-5-16/h4-5,7-8,15H,6,9-14H2,1-3H3,(H,22,24). The van der Waals surface area contributed by atoms with Crippen LogP contribution in [0.1, 0.15) is 52.0 Å². The SMILES string of the molecule is CC(C)(C)OC(=O)N1CCC(CCC(=O)NCc2ccc(F)cc2)CC1. The number of hydrogen-bond acceptors (Lipinski definition) is 3. The predicted molar refractivity (Wildman–Crippen MR) is 98.0 cm³/mol. The van der Waals surface area contributed by atoms with Crippen LogP contribution in [0.4, 0.5) is 9.18 Å². The molecule has 0 spiro atoms. The fourth-order valence-electron chi connectivity index (χ4n) is 2.96. The molecule has 1 heterocycles. The lowest BCUT2D eigenvalue weighted by molar-refractivity contribution is -0.121. The minimum absolute atomic E-state index is 0.00361. The van der Waals surface area contributed by atoms with E-state index in [9.17, 15) is 14.0 Å². The Morgan fingerprint density at radius 3 is 2.38 bits per heavy atom. The summed E-state index contributed by atoms with van der Waals surface area (Å²) in [4.78, 5) is 25.8. The van der Waals surface area contributed by atoms with E-state index in [1.807, 2.05) is 20.8 Å². The molecular weight excluding hydrogens is 335 g/mol. The van der Waals surface area contributed by atoms with Crippen molar-refractivity contribution >= 4 is 12.0 Å². The van der Waals surface area contributed by atoms with Gasteiger partial charge in [-0.1, -0.05) is 12.1 Å². The highest BCUT2D eigenvalue weighted by Crippen LogP contribution is 2.23. The fraction of sp³-hybridized carbons (Fsp3) is 0.600. The third-order valence-corrected chi connectivity index (χ3v) is 4.45. The van der Waals surface area contributed by atoms with Crippen LogP contribution in [0.2, 0.25) is 0 Å². The second-order valence-corrected chi connectivity index (χ2v) is 7.85. The number of likely N-dealkylation sites (tertiary alicyclic amines) is 1. The van der Waals surface area contributed by atoms with Gasteiger partial charge in [-0.25, -0.2) is 9.18 Å². The first kappa shape index (κ1) is 20.2. The maximum Gasteiger partial charge on any atom is 0.410 e. The van der Waals surface area contributed by atoms with E-state index in [-0.39, 0.29) is 17.8 Å². The van der Waals surface area contributed by atoms with E-state index in [2.05, 4.69) is 5.32 Å². The van der Waals surface area contributed by atoms with Crippen molar-refractivity contribution in [3.63, 3.8) is 0 Å². The van der Waals surface area contributed by atoms with E-state index < -0.39 is 5.60 Å². The van der Waals surface area contributed by atoms with Crippen LogP contribution < -0.4 is 5.32 Å². The molecular formula is C20H29FN2O3. The van der Waals surface area contributed by atoms with Gasteiger partial charge >= 0.3 is 6.09 Å². The van der Waals surface area contributed by atoms with E-state index in [0.717, 1.165) is 24.8 Å². The van der Waals surface area contributed by atoms with Crippen LogP contribution in [-0.4, -0.2) is 35.6 Å². The van der Waals surface area contributed by atoms with Gasteiger partial charge < -0.3 is 15.0 Å². The number of carbonyl (C=O) groups is 2. The number of rotatable bonds is 5. The second-order valence-electron chi connectivity index (χ2n) is 7.85. The molecule has 0 radical (unpaired) electrons. The molecule has 144 valence electrons. The first-order valence-electron chi connectivity index (χ1n) is 9.22. The van der Waals surface area contributed by atoms with E-state index in [1.165, 1.54) is 12.1 Å². The Hall–Kier alpha value is -2.11. The monoisotopic (exact) mass is 364 g/mol. The van der Waals surface area contributed by atoms with Crippen molar-refractivity contribution in [2.24, 2.45) is 5.92 Å². The number of nitrogens with one attached hydrogen (secondary N) is 1. The van der Waals surface area contributed by atoms with Gasteiger partial charge in [0.25, 0.3) is 0 Å². The molecule has 0 atom stereocenters. The van der Waals surface area contributed by atoms with Crippen LogP contribution in [0.25, 0.3) is 0 Å². The summed E-state index contributed by atoms with van der Waals surface area (Å²) in [5, 5.41) is 2.86. The third-order valence-electron chi connectivity index (χ3n) is 4.45. The average Bonchev–Trinajstić information content (AvgIpc) is 2.58. The molecule has 1 saturated heterocycles. The molecule has 6 heteroatoms. The Kier molecular flexibility index (Phi) is 7.00. The van der Waals surface area contributed by atoms with Crippen LogP contribution in [0, 0.1) is 11.7 Å². The van der Waals surface area contributed by atoms with Crippen LogP contribution in [0.5, 0.6) is 0 Å². The van der Waals surface area contributed by atoms with Gasteiger partial charge in [-0.05, 0) is 63.6 Å². The highest BCUT2D eigenvalue weighted by molar-refractivity contribution is 5.75. The maximum absolute atomic E-state index is 12.9. The largest absolute Gasteiger partial charge is 0.444 e. The predicted octanol–water partition coefficient (Wildman–Crippen LogP) is 3.87. The summed E-state index contributed by atoms with van der Waals surface area (Å²) in [5.74, 6) is 0.173. The zero-order chi connectivity index (χ0) is 19.2. The van der Waals surface area contributed by atoms with Gasteiger partial charge in [-0.2, -0.15) is 0 Å². The van der Waals surface area contributed by atoms with Crippen molar-refractivity contribution in [2.75, 3.05) is 13.1 Å². The Morgan fingerprint density at radius 1 is 1.19 bits per heavy atom. The van der Waals surface area contributed by atoms with Crippen molar-refractivity contribution in [3.8, 4) is 0 Å². The molecule has 1 aromatic rings. The van der Waals surface area contributed by atoms with Crippen LogP contribution in [-0.2, 0) is 16.1 Å². The number of hydrogen-bond donors (Lipinski definition) is 1. The van der Waals surface area contributed by atoms with Crippen LogP contribution in [0.15, 0.2) is 24.3 Å². The maximum atomic E-state index is 12.9. The number of amides is 2. The van der Waals surface area contributed by atoms with Crippen molar-refractivity contribution in [1.29, 1.82) is 0 Å². The zero-order valence-electron chi connectivity index (χ0n) is 15.9. The molecule has 1 aliphatic heterocycles. The molecule has 26 heavy (non-hydrogen) atoms. The third kappa shape index (κ3) is 7.02. The summed E-state index contributed by atoms with van der Waals surface area (Å²) in [6, 6.07) is 6.11. The van der Waals surface area contributed by atoms with Crippen LogP contribution in [0.3, 0.4) is 0 Å². The Bertz CT molecular complexity index is 602. The number of carbonyl (C=O) groups excluding carboxylic acids is 2. The molecule has 2 rings (SSSR count). The number of nitrogens with zero attached hydrogens (tertiary/aromatic N) is 1. The molecule has 2 amide bonds. The van der Waals surface area contributed by atoms with Gasteiger partial charge in [-0.3, -0.25) is 4.79 Å². The van der Waals surface area contributed by atoms with Gasteiger partial charge in [0.1, 0.15) is 11.4 Å². The topological polar surface area (TPSA) is 58.6 Å². The molecule has 0 aromatic heterocycles. The molecule has 0 bridgehead atoms. The minimum atomic E-state index is -0.476. The molecule has 0 saturated carbocycles. The molecule has 0 unspecified atom stereocenters. The molecule has 5 nitrogen and oxygen atoms in total. The molecule has 1 fully saturated rings. The van der Waals surface area contributed by atoms with E-state index in [0.29, 0.717) is 32.0 Å². The number of ether oxygens (including phenoxy) is 1. The molecule has 0 aliphatic carbocycles. The summed E-state index contributed by atoms with van der Waals surface area (Å²) in [7, 11) is 0. The number of piperidine rings is 1. The van der Waals surface area contributed by atoms with Crippen molar-refractivity contribution in [1.82, 2.24) is 10.2 Å². The summed E-state index contributed by atoms with van der Waals surface area (Å²) in [6.07, 6.45) is 2.82. The number of halogens is 1. The molecule has 1 N–H and O–H groups in total. The van der Waals surface area contributed by atoms with E-state index in [4.69, 9.17) is 4.74 Å². The Morgan fingerprint density at radius 2 is 1.81 bits per heavy atom. The smallest absolute Gasteiger partial charge is 0.410 e. The first-order valence-corrected chi connectivity index (χ1v) is 9.22. The summed E-state index contributed by atoms with van der Waals surface area (Å²) in [5.41, 5.74) is 0.404. The van der Waals surface area contributed by atoms with E-state index in [1.54, 1.807) is 17.0 Å². The van der Waals surface area contributed by atoms with Gasteiger partial charge in [0.2, 0.25) is 5.91 Å². The van der Waals surface area contributed by atoms with Gasteiger partial charge in [0.05, 0.1) is 0 Å². The normalized spacial score (nSPS) is 15.6. The van der Waals surface area contributed by atoms with E-state index >= 15 is 0 Å². The highest BCUT2D eigenvalue weighted by atomic mass is 19.1. The van der Waals surface area contributed by atoms with Crippen molar-refractivity contribution < 1.29 is 18.7 Å². The van der Waals surface area contributed by atoms with Gasteiger partial charge in [0.15, 0.2) is 0 Å². The summed E-state index contributed by atoms with van der Waals surface area (Å²) >= 11 is 0. The summed E-state index contributed by atoms with van der Waals surface area (Å²) in [6.45, 7) is 7.36. The molecule has 1 aliphatic rings. The Balaban J connectivity index is 1.64. The van der Waals surface area contributed by atoms with Crippen molar-refractivity contribution in [3.05, 3.63) is 35.6 Å². The molecule has 1 aromatic carbocycles. The average molecular weight is 364 g/mol. The quantitative estimate of drug-likeness (QED) is 0.863. The highest BCUT2D eigenvalue weighted by Gasteiger charge is 2.26. The first-order chi connectivity index (χ1) is 12.2. The van der Waals surface area contributed by atoms with Gasteiger partial charge in [0, 0.05) is 26.1 Å². The lowest BCUT2D eigenvalue weighted by atomic mass is 9.92. The lowest BCUT2D eigenvalue weighted by Gasteiger charge is -2.33. The summed E-state index contributed by atoms with van der Waals surface area (Å²) < 4.78 is 18.2. The second kappa shape index (κ2) is 9.01. The van der Waals surface area contributed by atoms with Crippen molar-refractivity contribution in [2.45, 2.75) is 58.6 Å². The minimum Gasteiger partial charge on any atom is -0.444 e. The zero-order valence-corrected chi connectivity index (χ0v) is 15.9. The van der Waals surface area contributed by atoms with Gasteiger partial charge in [-0.15, -0.1) is 0 Å². The van der Waals surface area contributed by atoms with Crippen LogP contribution >= 0.6 is 0 Å². The Labute approximate surface area is 154 Å². The number of benzene rings is 1.